The predicted molar refractivity (Wildman–Crippen MR) is 66.7 cm³/mol. The molecule has 0 fully saturated rings. The minimum Gasteiger partial charge on any atom is -0.448 e. The van der Waals surface area contributed by atoms with Crippen molar-refractivity contribution in [2.24, 2.45) is 0 Å². The van der Waals surface area contributed by atoms with Gasteiger partial charge in [-0.1, -0.05) is 23.7 Å². The number of aryl methyl sites for hydroxylation is 1. The molecule has 1 N–H and O–H groups in total. The lowest BCUT2D eigenvalue weighted by Gasteiger charge is -2.06. The van der Waals surface area contributed by atoms with Gasteiger partial charge in [-0.25, -0.2) is 18.1 Å². The Morgan fingerprint density at radius 1 is 1.39 bits per heavy atom. The number of rotatable bonds is 4. The highest BCUT2D eigenvalue weighted by atomic mass is 35.5. The molecule has 18 heavy (non-hydrogen) atoms. The number of halogens is 1. The number of aromatic nitrogens is 1. The summed E-state index contributed by atoms with van der Waals surface area (Å²) in [5.41, 5.74) is 0.547. The van der Waals surface area contributed by atoms with Crippen LogP contribution in [-0.2, 0) is 16.6 Å². The summed E-state index contributed by atoms with van der Waals surface area (Å²) in [6.07, 6.45) is 1.27. The molecule has 0 saturated carbocycles. The Labute approximate surface area is 110 Å². The number of benzene rings is 1. The van der Waals surface area contributed by atoms with Gasteiger partial charge in [0.05, 0.1) is 17.3 Å². The maximum Gasteiger partial charge on any atom is 0.242 e. The van der Waals surface area contributed by atoms with Crippen LogP contribution in [0.25, 0.3) is 0 Å². The van der Waals surface area contributed by atoms with Crippen molar-refractivity contribution in [1.29, 1.82) is 0 Å². The molecule has 0 atom stereocenters. The average Bonchev–Trinajstić information content (AvgIpc) is 2.73. The first-order valence-electron chi connectivity index (χ1n) is 5.14. The van der Waals surface area contributed by atoms with Crippen molar-refractivity contribution < 1.29 is 12.8 Å². The van der Waals surface area contributed by atoms with Gasteiger partial charge in [-0.3, -0.25) is 0 Å². The van der Waals surface area contributed by atoms with Gasteiger partial charge in [0.25, 0.3) is 0 Å². The summed E-state index contributed by atoms with van der Waals surface area (Å²) in [5.74, 6) is 0.580. The van der Waals surface area contributed by atoms with Crippen molar-refractivity contribution >= 4 is 21.6 Å². The van der Waals surface area contributed by atoms with Crippen molar-refractivity contribution in [1.82, 2.24) is 9.71 Å². The molecule has 0 saturated heterocycles. The fraction of sp³-hybridized carbons (Fsp3) is 0.182. The third-order valence-electron chi connectivity index (χ3n) is 2.40. The fourth-order valence-electron chi connectivity index (χ4n) is 1.40. The zero-order valence-corrected chi connectivity index (χ0v) is 11.1. The van der Waals surface area contributed by atoms with E-state index in [-0.39, 0.29) is 16.5 Å². The number of hydrogen-bond acceptors (Lipinski definition) is 4. The second-order valence-corrected chi connectivity index (χ2v) is 5.75. The van der Waals surface area contributed by atoms with Crippen LogP contribution in [0.4, 0.5) is 0 Å². The molecule has 1 aromatic carbocycles. The van der Waals surface area contributed by atoms with E-state index in [1.807, 2.05) is 0 Å². The molecule has 0 aliphatic heterocycles. The Bertz CT molecular complexity index is 652. The van der Waals surface area contributed by atoms with Crippen LogP contribution < -0.4 is 4.72 Å². The van der Waals surface area contributed by atoms with Crippen LogP contribution in [0.15, 0.2) is 40.0 Å². The van der Waals surface area contributed by atoms with E-state index < -0.39 is 10.0 Å². The van der Waals surface area contributed by atoms with Gasteiger partial charge in [0.1, 0.15) is 10.7 Å². The van der Waals surface area contributed by atoms with Crippen LogP contribution in [0.2, 0.25) is 5.02 Å². The normalized spacial score (nSPS) is 11.7. The molecule has 0 amide bonds. The molecule has 5 nitrogen and oxygen atoms in total. The zero-order valence-electron chi connectivity index (χ0n) is 9.55. The summed E-state index contributed by atoms with van der Waals surface area (Å²) < 4.78 is 31.4. The van der Waals surface area contributed by atoms with Crippen LogP contribution in [-0.4, -0.2) is 13.4 Å². The van der Waals surface area contributed by atoms with Crippen LogP contribution in [0.5, 0.6) is 0 Å². The molecule has 0 unspecified atom stereocenters. The van der Waals surface area contributed by atoms with Crippen LogP contribution in [0, 0.1) is 6.92 Å². The minimum absolute atomic E-state index is 0.0489. The van der Waals surface area contributed by atoms with Gasteiger partial charge in [0.2, 0.25) is 10.0 Å². The lowest BCUT2D eigenvalue weighted by atomic mass is 10.4. The molecular weight excluding hydrogens is 276 g/mol. The van der Waals surface area contributed by atoms with E-state index in [2.05, 4.69) is 9.71 Å². The monoisotopic (exact) mass is 286 g/mol. The lowest BCUT2D eigenvalue weighted by molar-refractivity contribution is 0.523. The van der Waals surface area contributed by atoms with E-state index in [1.165, 1.54) is 18.5 Å². The number of nitrogens with one attached hydrogen (secondary N) is 1. The van der Waals surface area contributed by atoms with E-state index in [0.29, 0.717) is 11.5 Å². The second-order valence-electron chi connectivity index (χ2n) is 3.61. The molecule has 0 radical (unpaired) electrons. The SMILES string of the molecule is Cc1ocnc1CNS(=O)(=O)c1ccccc1Cl. The third kappa shape index (κ3) is 2.72. The van der Waals surface area contributed by atoms with Gasteiger partial charge in [-0.05, 0) is 19.1 Å². The second kappa shape index (κ2) is 5.09. The summed E-state index contributed by atoms with van der Waals surface area (Å²) in [4.78, 5) is 3.96. The predicted octanol–water partition coefficient (Wildman–Crippen LogP) is 2.11. The number of hydrogen-bond donors (Lipinski definition) is 1. The fourth-order valence-corrected chi connectivity index (χ4v) is 2.91. The molecule has 2 aromatic rings. The summed E-state index contributed by atoms with van der Waals surface area (Å²) in [5, 5.41) is 0.182. The van der Waals surface area contributed by atoms with Crippen molar-refractivity contribution in [3.05, 3.63) is 47.1 Å². The molecule has 1 aromatic heterocycles. The molecular formula is C11H11ClN2O3S. The minimum atomic E-state index is -3.65. The quantitative estimate of drug-likeness (QED) is 0.934. The van der Waals surface area contributed by atoms with E-state index in [0.717, 1.165) is 0 Å². The standard InChI is InChI=1S/C11H11ClN2O3S/c1-8-10(13-7-17-8)6-14-18(15,16)11-5-3-2-4-9(11)12/h2-5,7,14H,6H2,1H3. The Morgan fingerprint density at radius 2 is 2.11 bits per heavy atom. The van der Waals surface area contributed by atoms with Crippen LogP contribution in [0.3, 0.4) is 0 Å². The van der Waals surface area contributed by atoms with Crippen molar-refractivity contribution in [2.75, 3.05) is 0 Å². The molecule has 1 heterocycles. The van der Waals surface area contributed by atoms with Gasteiger partial charge in [-0.2, -0.15) is 0 Å². The highest BCUT2D eigenvalue weighted by Crippen LogP contribution is 2.20. The first-order chi connectivity index (χ1) is 8.50. The summed E-state index contributed by atoms with van der Waals surface area (Å²) >= 11 is 5.85. The number of sulfonamides is 1. The smallest absolute Gasteiger partial charge is 0.242 e. The summed E-state index contributed by atoms with van der Waals surface area (Å²) in [7, 11) is -3.65. The molecule has 0 spiro atoms. The Hall–Kier alpha value is -1.37. The molecule has 0 bridgehead atoms. The Balaban J connectivity index is 2.19. The lowest BCUT2D eigenvalue weighted by Crippen LogP contribution is -2.24. The van der Waals surface area contributed by atoms with E-state index in [1.54, 1.807) is 19.1 Å². The first kappa shape index (κ1) is 13.1. The maximum absolute atomic E-state index is 12.0. The molecule has 2 rings (SSSR count). The van der Waals surface area contributed by atoms with Gasteiger partial charge < -0.3 is 4.42 Å². The molecule has 0 aliphatic rings. The van der Waals surface area contributed by atoms with Crippen molar-refractivity contribution in [2.45, 2.75) is 18.4 Å². The molecule has 0 aliphatic carbocycles. The Kier molecular flexibility index (Phi) is 3.70. The zero-order chi connectivity index (χ0) is 13.2. The van der Waals surface area contributed by atoms with E-state index in [4.69, 9.17) is 16.0 Å². The Morgan fingerprint density at radius 3 is 2.72 bits per heavy atom. The van der Waals surface area contributed by atoms with Crippen LogP contribution >= 0.6 is 11.6 Å². The van der Waals surface area contributed by atoms with Gasteiger partial charge in [0.15, 0.2) is 6.39 Å². The highest BCUT2D eigenvalue weighted by molar-refractivity contribution is 7.89. The number of oxazole rings is 1. The van der Waals surface area contributed by atoms with Crippen molar-refractivity contribution in [3.63, 3.8) is 0 Å². The summed E-state index contributed by atoms with van der Waals surface area (Å²) in [6.45, 7) is 1.78. The van der Waals surface area contributed by atoms with Crippen LogP contribution in [0.1, 0.15) is 11.5 Å². The summed E-state index contributed by atoms with van der Waals surface area (Å²) in [6, 6.07) is 6.25. The molecule has 7 heteroatoms. The van der Waals surface area contributed by atoms with Gasteiger partial charge >= 0.3 is 0 Å². The van der Waals surface area contributed by atoms with Gasteiger partial charge in [0, 0.05) is 0 Å². The van der Waals surface area contributed by atoms with E-state index >= 15 is 0 Å². The van der Waals surface area contributed by atoms with Crippen molar-refractivity contribution in [3.8, 4) is 0 Å². The number of nitrogens with zero attached hydrogens (tertiary/aromatic N) is 1. The van der Waals surface area contributed by atoms with Gasteiger partial charge in [-0.15, -0.1) is 0 Å². The van der Waals surface area contributed by atoms with E-state index in [9.17, 15) is 8.42 Å². The molecule has 96 valence electrons. The first-order valence-corrected chi connectivity index (χ1v) is 7.00. The largest absolute Gasteiger partial charge is 0.448 e. The highest BCUT2D eigenvalue weighted by Gasteiger charge is 2.17. The average molecular weight is 287 g/mol. The topological polar surface area (TPSA) is 72.2 Å². The third-order valence-corrected chi connectivity index (χ3v) is 4.30. The maximum atomic E-state index is 12.0.